The van der Waals surface area contributed by atoms with E-state index in [9.17, 15) is 43.5 Å². The van der Waals surface area contributed by atoms with Crippen molar-refractivity contribution in [2.75, 3.05) is 39.6 Å². The molecule has 0 fully saturated rings. The summed E-state index contributed by atoms with van der Waals surface area (Å²) < 4.78 is 61.4. The molecule has 18 heteroatoms. The Bertz CT molecular complexity index is 2670. The molecule has 0 heterocycles. The number of esters is 3. The molecule has 0 aromatic rings. The van der Waals surface area contributed by atoms with Crippen LogP contribution in [0.3, 0.4) is 0 Å². The summed E-state index contributed by atoms with van der Waals surface area (Å²) in [5.41, 5.74) is 0. The van der Waals surface area contributed by atoms with E-state index in [2.05, 4.69) is 167 Å². The van der Waals surface area contributed by atoms with Gasteiger partial charge in [-0.05, 0) is 154 Å². The molecule has 0 aliphatic heterocycles. The summed E-state index contributed by atoms with van der Waals surface area (Å²) in [6, 6.07) is 0. The Morgan fingerprint density at radius 2 is 0.435 bits per heavy atom. The fourth-order valence-corrected chi connectivity index (χ4v) is 14.1. The van der Waals surface area contributed by atoms with Crippen LogP contribution >= 0.6 is 15.6 Å². The molecule has 115 heavy (non-hydrogen) atoms. The van der Waals surface area contributed by atoms with Gasteiger partial charge in [0.25, 0.3) is 0 Å². The maximum Gasteiger partial charge on any atom is 0.472 e. The fourth-order valence-electron chi connectivity index (χ4n) is 12.5. The molecule has 662 valence electrons. The van der Waals surface area contributed by atoms with Crippen molar-refractivity contribution in [3.05, 3.63) is 146 Å². The van der Waals surface area contributed by atoms with Gasteiger partial charge in [-0.25, -0.2) is 9.13 Å². The Labute approximate surface area is 702 Å². The van der Waals surface area contributed by atoms with E-state index in [-0.39, 0.29) is 19.3 Å². The van der Waals surface area contributed by atoms with Gasteiger partial charge in [0, 0.05) is 19.3 Å². The van der Waals surface area contributed by atoms with Crippen LogP contribution < -0.4 is 0 Å². The van der Waals surface area contributed by atoms with Crippen LogP contribution in [0.25, 0.3) is 0 Å². The van der Waals surface area contributed by atoms with Gasteiger partial charge in [-0.15, -0.1) is 0 Å². The predicted octanol–water partition coefficient (Wildman–Crippen LogP) is 28.3. The van der Waals surface area contributed by atoms with Crippen LogP contribution in [0.1, 0.15) is 393 Å². The van der Waals surface area contributed by atoms with Gasteiger partial charge < -0.3 is 34.2 Å². The van der Waals surface area contributed by atoms with Crippen LogP contribution in [0.4, 0.5) is 0 Å². The topological polar surface area (TPSA) is 231 Å². The maximum atomic E-state index is 13.0. The number of ether oxygens (including phenoxy) is 3. The van der Waals surface area contributed by atoms with Gasteiger partial charge in [-0.2, -0.15) is 0 Å². The van der Waals surface area contributed by atoms with Gasteiger partial charge in [0.05, 0.1) is 26.4 Å². The summed E-state index contributed by atoms with van der Waals surface area (Å²) in [4.78, 5) is 58.9. The molecular formula is C97H168O16P2. The molecule has 0 saturated carbocycles. The van der Waals surface area contributed by atoms with E-state index in [1.165, 1.54) is 173 Å². The van der Waals surface area contributed by atoms with Crippen molar-refractivity contribution in [2.45, 2.75) is 411 Å². The van der Waals surface area contributed by atoms with E-state index in [1.54, 1.807) is 0 Å². The molecule has 16 nitrogen and oxygen atoms in total. The Balaban J connectivity index is 4.53. The lowest BCUT2D eigenvalue weighted by Crippen LogP contribution is -2.30. The molecule has 0 aliphatic carbocycles. The standard InChI is InChI=1S/C97H168O16P2/c1-4-7-10-13-16-19-22-25-28-31-34-37-39-40-41-42-43-44-45-46-47-48-49-50-52-55-56-59-62-65-68-71-74-77-80-83-95(100)107-86-92(98)87-109-114(103,104)110-88-93(99)89-111-115(105,106)112-91-94(113-97(102)85-82-79-76-73-70-67-64-61-58-53-36-33-30-27-24-21-18-15-12-9-6-3)90-108-96(101)84-81-78-75-72-69-66-63-60-57-54-51-38-35-32-29-26-23-20-17-14-11-8-5-2/h16-21,25-30,34-38,40-41,53-54,57,61,64,92-94,98-99H,4-15,22-24,31-33,39,42-52,55-56,58-60,62-63,65-91H2,1-3H3,(H,103,104)(H,105,106)/b19-16-,20-17-,21-18-,28-25-,29-26-,30-27-,37-34-,38-35-,41-40-,53-36-,57-54-,64-61-. The minimum absolute atomic E-state index is 0.0778. The SMILES string of the molecule is CCCCC/C=C\C/C=C\C/C=C\C/C=C\CCCCCCCCCCCCCCCCCCCCCC(=O)OCC(O)COP(=O)(O)OCC(O)COP(=O)(O)OCC(COC(=O)CCCCCCCCC/C=C\C/C=C\C/C=C\C/C=C\CCCCC)OC(=O)CCCCCCC/C=C\C/C=C\C/C=C\C/C=C\CCCCC. The normalized spacial score (nSPS) is 14.5. The number of aliphatic hydroxyl groups excluding tert-OH is 2. The molecule has 0 spiro atoms. The minimum Gasteiger partial charge on any atom is -0.463 e. The lowest BCUT2D eigenvalue weighted by atomic mass is 10.0. The Morgan fingerprint density at radius 1 is 0.243 bits per heavy atom. The highest BCUT2D eigenvalue weighted by molar-refractivity contribution is 7.47. The van der Waals surface area contributed by atoms with E-state index in [4.69, 9.17) is 32.3 Å². The molecule has 0 rings (SSSR count). The third-order valence-electron chi connectivity index (χ3n) is 19.5. The number of rotatable bonds is 87. The molecular weight excluding hydrogens is 1480 g/mol. The second kappa shape index (κ2) is 88.7. The number of carbonyl (C=O) groups excluding carboxylic acids is 3. The average molecular weight is 1650 g/mol. The number of hydrogen-bond acceptors (Lipinski definition) is 14. The van der Waals surface area contributed by atoms with Gasteiger partial charge in [-0.3, -0.25) is 32.5 Å². The molecule has 5 atom stereocenters. The number of phosphoric ester groups is 2. The summed E-state index contributed by atoms with van der Waals surface area (Å²) in [5.74, 6) is -1.60. The highest BCUT2D eigenvalue weighted by Gasteiger charge is 2.29. The van der Waals surface area contributed by atoms with Gasteiger partial charge in [0.2, 0.25) is 0 Å². The van der Waals surface area contributed by atoms with Crippen LogP contribution in [0.2, 0.25) is 0 Å². The van der Waals surface area contributed by atoms with Gasteiger partial charge >= 0.3 is 33.6 Å². The quantitative estimate of drug-likeness (QED) is 0.0146. The zero-order valence-electron chi connectivity index (χ0n) is 72.9. The average Bonchev–Trinajstić information content (AvgIpc) is 0.901. The summed E-state index contributed by atoms with van der Waals surface area (Å²) in [6.45, 7) is 2.61. The first-order chi connectivity index (χ1) is 56.2. The predicted molar refractivity (Wildman–Crippen MR) is 482 cm³/mol. The van der Waals surface area contributed by atoms with Gasteiger partial charge in [-0.1, -0.05) is 366 Å². The highest BCUT2D eigenvalue weighted by atomic mass is 31.2. The third-order valence-corrected chi connectivity index (χ3v) is 21.4. The van der Waals surface area contributed by atoms with Crippen LogP contribution in [0.15, 0.2) is 146 Å². The Morgan fingerprint density at radius 3 is 0.687 bits per heavy atom. The van der Waals surface area contributed by atoms with Crippen LogP contribution in [-0.2, 0) is 55.8 Å². The molecule has 0 aromatic carbocycles. The van der Waals surface area contributed by atoms with Crippen molar-refractivity contribution in [1.29, 1.82) is 0 Å². The first-order valence-corrected chi connectivity index (χ1v) is 49.1. The van der Waals surface area contributed by atoms with E-state index in [0.29, 0.717) is 19.3 Å². The van der Waals surface area contributed by atoms with Crippen LogP contribution in [0.5, 0.6) is 0 Å². The summed E-state index contributed by atoms with van der Waals surface area (Å²) in [6.07, 6.45) is 112. The minimum atomic E-state index is -4.95. The smallest absolute Gasteiger partial charge is 0.463 e. The van der Waals surface area contributed by atoms with Gasteiger partial charge in [0.15, 0.2) is 6.10 Å². The monoisotopic (exact) mass is 1650 g/mol. The number of hydrogen-bond donors (Lipinski definition) is 4. The Hall–Kier alpha value is -4.57. The first-order valence-electron chi connectivity index (χ1n) is 46.1. The number of aliphatic hydroxyl groups is 2. The molecule has 0 radical (unpaired) electrons. The van der Waals surface area contributed by atoms with Gasteiger partial charge in [0.1, 0.15) is 25.4 Å². The fraction of sp³-hybridized carbons (Fsp3) is 0.722. The largest absolute Gasteiger partial charge is 0.472 e. The van der Waals surface area contributed by atoms with E-state index >= 15 is 0 Å². The lowest BCUT2D eigenvalue weighted by molar-refractivity contribution is -0.161. The number of phosphoric acid groups is 2. The van der Waals surface area contributed by atoms with Crippen molar-refractivity contribution in [3.63, 3.8) is 0 Å². The van der Waals surface area contributed by atoms with Crippen molar-refractivity contribution in [1.82, 2.24) is 0 Å². The van der Waals surface area contributed by atoms with Crippen LogP contribution in [-0.4, -0.2) is 95.9 Å². The summed E-state index contributed by atoms with van der Waals surface area (Å²) in [7, 11) is -9.82. The molecule has 0 saturated heterocycles. The third kappa shape index (κ3) is 90.0. The number of carbonyl (C=O) groups is 3. The molecule has 0 amide bonds. The van der Waals surface area contributed by atoms with E-state index in [1.807, 2.05) is 0 Å². The molecule has 4 N–H and O–H groups in total. The summed E-state index contributed by atoms with van der Waals surface area (Å²) >= 11 is 0. The molecule has 5 unspecified atom stereocenters. The second-order valence-electron chi connectivity index (χ2n) is 30.7. The zero-order valence-corrected chi connectivity index (χ0v) is 74.7. The molecule has 0 aromatic heterocycles. The summed E-state index contributed by atoms with van der Waals surface area (Å²) in [5, 5.41) is 20.7. The van der Waals surface area contributed by atoms with Crippen LogP contribution in [0, 0.1) is 0 Å². The maximum absolute atomic E-state index is 13.0. The molecule has 0 aliphatic rings. The van der Waals surface area contributed by atoms with Crippen molar-refractivity contribution in [3.8, 4) is 0 Å². The number of unbranched alkanes of at least 4 members (excludes halogenated alkanes) is 40. The lowest BCUT2D eigenvalue weighted by Gasteiger charge is -2.21. The van der Waals surface area contributed by atoms with Crippen molar-refractivity contribution >= 4 is 33.6 Å². The van der Waals surface area contributed by atoms with E-state index in [0.717, 1.165) is 161 Å². The second-order valence-corrected chi connectivity index (χ2v) is 33.7. The highest BCUT2D eigenvalue weighted by Crippen LogP contribution is 2.45. The molecule has 0 bridgehead atoms. The van der Waals surface area contributed by atoms with Crippen molar-refractivity contribution in [2.24, 2.45) is 0 Å². The zero-order chi connectivity index (χ0) is 83.6. The van der Waals surface area contributed by atoms with E-state index < -0.39 is 91.5 Å². The first kappa shape index (κ1) is 110. The number of allylic oxidation sites excluding steroid dienone is 24. The Kier molecular flexibility index (Phi) is 85.2. The van der Waals surface area contributed by atoms with Crippen molar-refractivity contribution < 1.29 is 75.8 Å².